The first-order chi connectivity index (χ1) is 10.3. The quantitative estimate of drug-likeness (QED) is 0.869. The third kappa shape index (κ3) is 2.82. The number of nitrogens with zero attached hydrogens (tertiary/aromatic N) is 1. The van der Waals surface area contributed by atoms with Crippen LogP contribution >= 0.6 is 0 Å². The van der Waals surface area contributed by atoms with Gasteiger partial charge in [-0.2, -0.15) is 0 Å². The Balaban J connectivity index is 1.79. The first kappa shape index (κ1) is 13.8. The molecule has 1 heterocycles. The molecule has 2 aromatic carbocycles. The molecule has 0 bridgehead atoms. The molecule has 4 heteroatoms. The van der Waals surface area contributed by atoms with Crippen LogP contribution in [0, 0.1) is 0 Å². The summed E-state index contributed by atoms with van der Waals surface area (Å²) in [4.78, 5) is 18.2. The van der Waals surface area contributed by atoms with Crippen molar-refractivity contribution in [2.45, 2.75) is 19.3 Å². The molecule has 1 aliphatic heterocycles. The third-order valence-corrected chi connectivity index (χ3v) is 3.62. The fourth-order valence-corrected chi connectivity index (χ4v) is 2.48. The van der Waals surface area contributed by atoms with Crippen molar-refractivity contribution >= 4 is 5.91 Å². The second-order valence-electron chi connectivity index (χ2n) is 4.94. The van der Waals surface area contributed by atoms with Crippen molar-refractivity contribution in [3.8, 4) is 0 Å². The van der Waals surface area contributed by atoms with Crippen LogP contribution < -0.4 is 0 Å². The minimum Gasteiger partial charge on any atom is -0.367 e. The predicted octanol–water partition coefficient (Wildman–Crippen LogP) is 2.85. The van der Waals surface area contributed by atoms with Crippen LogP contribution in [0.1, 0.15) is 22.8 Å². The van der Waals surface area contributed by atoms with E-state index in [1.807, 2.05) is 54.6 Å². The van der Waals surface area contributed by atoms with Gasteiger partial charge < -0.3 is 4.74 Å². The van der Waals surface area contributed by atoms with Crippen LogP contribution in [0.25, 0.3) is 0 Å². The lowest BCUT2D eigenvalue weighted by molar-refractivity contribution is -0.210. The molecule has 0 saturated carbocycles. The molecule has 0 aliphatic carbocycles. The normalized spacial score (nSPS) is 15.4. The highest BCUT2D eigenvalue weighted by Gasteiger charge is 2.29. The van der Waals surface area contributed by atoms with Gasteiger partial charge in [0.1, 0.15) is 6.61 Å². The maximum Gasteiger partial charge on any atom is 0.280 e. The third-order valence-electron chi connectivity index (χ3n) is 3.62. The van der Waals surface area contributed by atoms with Gasteiger partial charge in [0.25, 0.3) is 5.91 Å². The molecule has 1 aliphatic rings. The lowest BCUT2D eigenvalue weighted by Gasteiger charge is -2.30. The summed E-state index contributed by atoms with van der Waals surface area (Å²) in [7, 11) is 1.54. The van der Waals surface area contributed by atoms with Crippen molar-refractivity contribution < 1.29 is 14.4 Å². The molecule has 1 unspecified atom stereocenters. The van der Waals surface area contributed by atoms with Gasteiger partial charge in [0.15, 0.2) is 6.10 Å². The van der Waals surface area contributed by atoms with Crippen LogP contribution in [0.3, 0.4) is 0 Å². The van der Waals surface area contributed by atoms with Crippen molar-refractivity contribution in [1.29, 1.82) is 0 Å². The molecular formula is C17H17NO3. The van der Waals surface area contributed by atoms with Gasteiger partial charge in [-0.25, -0.2) is 5.06 Å². The Kier molecular flexibility index (Phi) is 3.99. The Morgan fingerprint density at radius 3 is 2.48 bits per heavy atom. The number of hydroxylamine groups is 2. The smallest absolute Gasteiger partial charge is 0.280 e. The molecule has 4 nitrogen and oxygen atoms in total. The van der Waals surface area contributed by atoms with Gasteiger partial charge in [-0.1, -0.05) is 54.6 Å². The van der Waals surface area contributed by atoms with Gasteiger partial charge in [0, 0.05) is 7.11 Å². The van der Waals surface area contributed by atoms with Gasteiger partial charge in [-0.3, -0.25) is 9.63 Å². The van der Waals surface area contributed by atoms with E-state index < -0.39 is 6.10 Å². The maximum absolute atomic E-state index is 12.6. The predicted molar refractivity (Wildman–Crippen MR) is 78.0 cm³/mol. The zero-order valence-electron chi connectivity index (χ0n) is 11.9. The van der Waals surface area contributed by atoms with Crippen LogP contribution in [0.4, 0.5) is 0 Å². The van der Waals surface area contributed by atoms with E-state index in [1.165, 1.54) is 12.2 Å². The lowest BCUT2D eigenvalue weighted by atomic mass is 10.1. The van der Waals surface area contributed by atoms with Crippen molar-refractivity contribution in [2.24, 2.45) is 0 Å². The number of fused-ring (bicyclic) bond motifs is 1. The highest BCUT2D eigenvalue weighted by atomic mass is 16.7. The number of hydrogen-bond acceptors (Lipinski definition) is 3. The topological polar surface area (TPSA) is 38.8 Å². The summed E-state index contributed by atoms with van der Waals surface area (Å²) in [5.74, 6) is -0.182. The average molecular weight is 283 g/mol. The van der Waals surface area contributed by atoms with E-state index in [0.29, 0.717) is 13.2 Å². The summed E-state index contributed by atoms with van der Waals surface area (Å²) in [6, 6.07) is 17.4. The van der Waals surface area contributed by atoms with E-state index in [-0.39, 0.29) is 5.91 Å². The zero-order chi connectivity index (χ0) is 14.7. The molecule has 0 fully saturated rings. The Morgan fingerprint density at radius 1 is 1.10 bits per heavy atom. The highest BCUT2D eigenvalue weighted by molar-refractivity contribution is 5.81. The largest absolute Gasteiger partial charge is 0.367 e. The van der Waals surface area contributed by atoms with Crippen LogP contribution in [-0.2, 0) is 27.5 Å². The number of hydrogen-bond donors (Lipinski definition) is 0. The van der Waals surface area contributed by atoms with Crippen LogP contribution in [0.15, 0.2) is 54.6 Å². The van der Waals surface area contributed by atoms with Gasteiger partial charge in [-0.05, 0) is 16.7 Å². The van der Waals surface area contributed by atoms with E-state index in [0.717, 1.165) is 16.7 Å². The molecule has 0 radical (unpaired) electrons. The van der Waals surface area contributed by atoms with Crippen LogP contribution in [-0.4, -0.2) is 18.1 Å². The molecule has 0 aromatic heterocycles. The van der Waals surface area contributed by atoms with E-state index in [4.69, 9.17) is 9.57 Å². The number of carbonyl (C=O) groups excluding carboxylic acids is 1. The Labute approximate surface area is 123 Å². The van der Waals surface area contributed by atoms with Gasteiger partial charge in [-0.15, -0.1) is 0 Å². The molecule has 0 spiro atoms. The first-order valence-electron chi connectivity index (χ1n) is 6.88. The van der Waals surface area contributed by atoms with Crippen molar-refractivity contribution in [2.75, 3.05) is 7.11 Å². The molecule has 0 saturated heterocycles. The second kappa shape index (κ2) is 6.08. The number of carbonyl (C=O) groups is 1. The SMILES string of the molecule is COC(C(=O)N1Cc2ccccc2CO1)c1ccccc1. The molecule has 0 N–H and O–H groups in total. The Morgan fingerprint density at radius 2 is 1.76 bits per heavy atom. The monoisotopic (exact) mass is 283 g/mol. The molecule has 21 heavy (non-hydrogen) atoms. The second-order valence-corrected chi connectivity index (χ2v) is 4.94. The summed E-state index contributed by atoms with van der Waals surface area (Å²) in [5, 5.41) is 1.39. The fourth-order valence-electron chi connectivity index (χ4n) is 2.48. The number of amides is 1. The number of methoxy groups -OCH3 is 1. The number of ether oxygens (including phenoxy) is 1. The van der Waals surface area contributed by atoms with Crippen molar-refractivity contribution in [1.82, 2.24) is 5.06 Å². The molecule has 1 atom stereocenters. The summed E-state index contributed by atoms with van der Waals surface area (Å²) < 4.78 is 5.37. The number of rotatable bonds is 3. The highest BCUT2D eigenvalue weighted by Crippen LogP contribution is 2.25. The average Bonchev–Trinajstić information content (AvgIpc) is 2.56. The lowest BCUT2D eigenvalue weighted by Crippen LogP contribution is -2.38. The van der Waals surface area contributed by atoms with Crippen LogP contribution in [0.2, 0.25) is 0 Å². The fraction of sp³-hybridized carbons (Fsp3) is 0.235. The van der Waals surface area contributed by atoms with E-state index in [1.54, 1.807) is 0 Å². The maximum atomic E-state index is 12.6. The first-order valence-corrected chi connectivity index (χ1v) is 6.88. The molecule has 2 aromatic rings. The Bertz CT molecular complexity index is 627. The molecule has 108 valence electrons. The number of benzene rings is 2. The van der Waals surface area contributed by atoms with Gasteiger partial charge in [0.2, 0.25) is 0 Å². The molecular weight excluding hydrogens is 266 g/mol. The van der Waals surface area contributed by atoms with Crippen molar-refractivity contribution in [3.63, 3.8) is 0 Å². The van der Waals surface area contributed by atoms with Crippen LogP contribution in [0.5, 0.6) is 0 Å². The van der Waals surface area contributed by atoms with E-state index in [9.17, 15) is 4.79 Å². The minimum atomic E-state index is -0.642. The summed E-state index contributed by atoms with van der Waals surface area (Å²) in [5.41, 5.74) is 3.06. The summed E-state index contributed by atoms with van der Waals surface area (Å²) in [6.45, 7) is 0.856. The standard InChI is InChI=1S/C17H17NO3/c1-20-16(13-7-3-2-4-8-13)17(19)18-11-14-9-5-6-10-15(14)12-21-18/h2-10,16H,11-12H2,1H3. The van der Waals surface area contributed by atoms with Gasteiger partial charge in [0.05, 0.1) is 6.54 Å². The molecule has 3 rings (SSSR count). The van der Waals surface area contributed by atoms with E-state index >= 15 is 0 Å². The summed E-state index contributed by atoms with van der Waals surface area (Å²) in [6.07, 6.45) is -0.642. The summed E-state index contributed by atoms with van der Waals surface area (Å²) >= 11 is 0. The molecule has 1 amide bonds. The van der Waals surface area contributed by atoms with E-state index in [2.05, 4.69) is 0 Å². The minimum absolute atomic E-state index is 0.182. The van der Waals surface area contributed by atoms with Gasteiger partial charge >= 0.3 is 0 Å². The Hall–Kier alpha value is -2.17. The van der Waals surface area contributed by atoms with Crippen molar-refractivity contribution in [3.05, 3.63) is 71.3 Å². The zero-order valence-corrected chi connectivity index (χ0v) is 11.9.